The monoisotopic (exact) mass is 410 g/mol. The maximum absolute atomic E-state index is 12.6. The molecule has 0 aromatic carbocycles. The molecular formula is C16H19BrN4O2S. The van der Waals surface area contributed by atoms with Gasteiger partial charge in [0.1, 0.15) is 4.88 Å². The zero-order valence-electron chi connectivity index (χ0n) is 13.7. The van der Waals surface area contributed by atoms with E-state index in [0.29, 0.717) is 18.5 Å². The summed E-state index contributed by atoms with van der Waals surface area (Å²) < 4.78 is 6.48. The lowest BCUT2D eigenvalue weighted by atomic mass is 9.97. The standard InChI is InChI=1S/C16H19BrN4O2S/c1-10-14(24-11(2)20-10)15(22)21-5-3-12(4-6-21)9-23-16-18-7-13(17)8-19-16/h7-8,12H,3-6,9H2,1-2H3. The van der Waals surface area contributed by atoms with E-state index in [1.165, 1.54) is 11.3 Å². The topological polar surface area (TPSA) is 68.2 Å². The molecule has 1 amide bonds. The number of aryl methyl sites for hydroxylation is 2. The summed E-state index contributed by atoms with van der Waals surface area (Å²) in [4.78, 5) is 27.8. The second-order valence-electron chi connectivity index (χ2n) is 5.88. The molecule has 0 spiro atoms. The van der Waals surface area contributed by atoms with E-state index < -0.39 is 0 Å². The van der Waals surface area contributed by atoms with Gasteiger partial charge in [0.2, 0.25) is 0 Å². The van der Waals surface area contributed by atoms with Crippen molar-refractivity contribution in [3.63, 3.8) is 0 Å². The number of nitrogens with zero attached hydrogens (tertiary/aromatic N) is 4. The Bertz CT molecular complexity index is 711. The SMILES string of the molecule is Cc1nc(C)c(C(=O)N2CCC(COc3ncc(Br)cn3)CC2)s1. The fourth-order valence-corrected chi connectivity index (χ4v) is 3.84. The number of carbonyl (C=O) groups is 1. The first-order valence-electron chi connectivity index (χ1n) is 7.86. The van der Waals surface area contributed by atoms with E-state index in [4.69, 9.17) is 4.74 Å². The van der Waals surface area contributed by atoms with Gasteiger partial charge in [0.05, 0.1) is 21.8 Å². The number of carbonyl (C=O) groups excluding carboxylic acids is 1. The van der Waals surface area contributed by atoms with E-state index in [9.17, 15) is 4.79 Å². The smallest absolute Gasteiger partial charge is 0.316 e. The third-order valence-corrected chi connectivity index (χ3v) is 5.51. The van der Waals surface area contributed by atoms with Crippen LogP contribution in [-0.4, -0.2) is 45.5 Å². The Morgan fingerprint density at radius 1 is 1.33 bits per heavy atom. The first kappa shape index (κ1) is 17.3. The number of ether oxygens (including phenoxy) is 1. The van der Waals surface area contributed by atoms with Gasteiger partial charge in [-0.2, -0.15) is 0 Å². The number of rotatable bonds is 4. The largest absolute Gasteiger partial charge is 0.463 e. The first-order chi connectivity index (χ1) is 11.5. The minimum Gasteiger partial charge on any atom is -0.463 e. The summed E-state index contributed by atoms with van der Waals surface area (Å²) in [7, 11) is 0. The molecule has 3 rings (SSSR count). The summed E-state index contributed by atoms with van der Waals surface area (Å²) in [5.41, 5.74) is 0.834. The van der Waals surface area contributed by atoms with Crippen LogP contribution < -0.4 is 4.74 Å². The predicted octanol–water partition coefficient (Wildman–Crippen LogP) is 3.24. The maximum atomic E-state index is 12.6. The molecule has 1 saturated heterocycles. The minimum atomic E-state index is 0.105. The fourth-order valence-electron chi connectivity index (χ4n) is 2.74. The lowest BCUT2D eigenvalue weighted by Crippen LogP contribution is -2.39. The van der Waals surface area contributed by atoms with Crippen LogP contribution in [0.2, 0.25) is 0 Å². The molecule has 2 aromatic rings. The highest BCUT2D eigenvalue weighted by Crippen LogP contribution is 2.24. The molecule has 2 aromatic heterocycles. The van der Waals surface area contributed by atoms with Gasteiger partial charge in [-0.15, -0.1) is 11.3 Å². The van der Waals surface area contributed by atoms with E-state index in [2.05, 4.69) is 30.9 Å². The van der Waals surface area contributed by atoms with Crippen molar-refractivity contribution in [2.24, 2.45) is 5.92 Å². The van der Waals surface area contributed by atoms with Crippen LogP contribution in [-0.2, 0) is 0 Å². The van der Waals surface area contributed by atoms with Crippen LogP contribution in [0.1, 0.15) is 33.2 Å². The molecule has 6 nitrogen and oxygen atoms in total. The summed E-state index contributed by atoms with van der Waals surface area (Å²) in [6.45, 7) is 5.93. The maximum Gasteiger partial charge on any atom is 0.316 e. The molecule has 3 heterocycles. The van der Waals surface area contributed by atoms with Crippen LogP contribution in [0.15, 0.2) is 16.9 Å². The lowest BCUT2D eigenvalue weighted by Gasteiger charge is -2.31. The van der Waals surface area contributed by atoms with Crippen molar-refractivity contribution in [1.82, 2.24) is 19.9 Å². The number of hydrogen-bond acceptors (Lipinski definition) is 6. The molecule has 0 unspecified atom stereocenters. The van der Waals surface area contributed by atoms with E-state index in [-0.39, 0.29) is 5.91 Å². The van der Waals surface area contributed by atoms with Crippen molar-refractivity contribution in [2.75, 3.05) is 19.7 Å². The van der Waals surface area contributed by atoms with E-state index >= 15 is 0 Å². The van der Waals surface area contributed by atoms with Crippen LogP contribution >= 0.6 is 27.3 Å². The molecule has 24 heavy (non-hydrogen) atoms. The molecule has 1 fully saturated rings. The number of piperidine rings is 1. The van der Waals surface area contributed by atoms with Crippen molar-refractivity contribution in [3.8, 4) is 6.01 Å². The van der Waals surface area contributed by atoms with Gasteiger partial charge >= 0.3 is 6.01 Å². The normalized spacial score (nSPS) is 15.5. The van der Waals surface area contributed by atoms with Gasteiger partial charge in [0, 0.05) is 25.5 Å². The van der Waals surface area contributed by atoms with Crippen LogP contribution in [0.25, 0.3) is 0 Å². The van der Waals surface area contributed by atoms with Crippen molar-refractivity contribution in [2.45, 2.75) is 26.7 Å². The number of amides is 1. The quantitative estimate of drug-likeness (QED) is 0.773. The van der Waals surface area contributed by atoms with Crippen molar-refractivity contribution in [3.05, 3.63) is 32.4 Å². The Morgan fingerprint density at radius 2 is 2.00 bits per heavy atom. The van der Waals surface area contributed by atoms with Gasteiger partial charge in [0.25, 0.3) is 5.91 Å². The molecule has 0 atom stereocenters. The summed E-state index contributed by atoms with van der Waals surface area (Å²) in [5.74, 6) is 0.527. The highest BCUT2D eigenvalue weighted by molar-refractivity contribution is 9.10. The third kappa shape index (κ3) is 4.10. The number of halogens is 1. The van der Waals surface area contributed by atoms with Crippen molar-refractivity contribution >= 4 is 33.2 Å². The molecule has 0 bridgehead atoms. The van der Waals surface area contributed by atoms with Crippen LogP contribution in [0.4, 0.5) is 0 Å². The zero-order valence-corrected chi connectivity index (χ0v) is 16.1. The van der Waals surface area contributed by atoms with Gasteiger partial charge in [-0.1, -0.05) is 0 Å². The van der Waals surface area contributed by atoms with Crippen molar-refractivity contribution in [1.29, 1.82) is 0 Å². The fraction of sp³-hybridized carbons (Fsp3) is 0.500. The molecule has 0 aliphatic carbocycles. The second kappa shape index (κ2) is 7.57. The Balaban J connectivity index is 1.49. The van der Waals surface area contributed by atoms with E-state index in [0.717, 1.165) is 46.0 Å². The minimum absolute atomic E-state index is 0.105. The number of thiazole rings is 1. The first-order valence-corrected chi connectivity index (χ1v) is 9.47. The number of aromatic nitrogens is 3. The van der Waals surface area contributed by atoms with Gasteiger partial charge in [-0.3, -0.25) is 4.79 Å². The summed E-state index contributed by atoms with van der Waals surface area (Å²) in [5, 5.41) is 0.939. The Kier molecular flexibility index (Phi) is 5.45. The molecular weight excluding hydrogens is 392 g/mol. The molecule has 1 aliphatic rings. The number of hydrogen-bond donors (Lipinski definition) is 0. The van der Waals surface area contributed by atoms with Crippen LogP contribution in [0.3, 0.4) is 0 Å². The second-order valence-corrected chi connectivity index (χ2v) is 8.00. The van der Waals surface area contributed by atoms with Gasteiger partial charge < -0.3 is 9.64 Å². The Morgan fingerprint density at radius 3 is 2.58 bits per heavy atom. The Labute approximate surface area is 153 Å². The molecule has 1 aliphatic heterocycles. The van der Waals surface area contributed by atoms with E-state index in [1.54, 1.807) is 12.4 Å². The summed E-state index contributed by atoms with van der Waals surface area (Å²) in [6, 6.07) is 0.396. The Hall–Kier alpha value is -1.54. The van der Waals surface area contributed by atoms with Crippen LogP contribution in [0.5, 0.6) is 6.01 Å². The molecule has 8 heteroatoms. The highest BCUT2D eigenvalue weighted by Gasteiger charge is 2.26. The van der Waals surface area contributed by atoms with E-state index in [1.807, 2.05) is 18.7 Å². The number of likely N-dealkylation sites (tertiary alicyclic amines) is 1. The third-order valence-electron chi connectivity index (χ3n) is 4.04. The molecule has 0 saturated carbocycles. The van der Waals surface area contributed by atoms with Gasteiger partial charge in [0.15, 0.2) is 0 Å². The highest BCUT2D eigenvalue weighted by atomic mass is 79.9. The average Bonchev–Trinajstić information content (AvgIpc) is 2.92. The van der Waals surface area contributed by atoms with Gasteiger partial charge in [-0.25, -0.2) is 15.0 Å². The predicted molar refractivity (Wildman–Crippen MR) is 95.4 cm³/mol. The molecule has 128 valence electrons. The summed E-state index contributed by atoms with van der Waals surface area (Å²) >= 11 is 4.78. The van der Waals surface area contributed by atoms with Gasteiger partial charge in [-0.05, 0) is 48.5 Å². The molecule has 0 radical (unpaired) electrons. The van der Waals surface area contributed by atoms with Crippen molar-refractivity contribution < 1.29 is 9.53 Å². The average molecular weight is 411 g/mol. The zero-order chi connectivity index (χ0) is 17.1. The lowest BCUT2D eigenvalue weighted by molar-refractivity contribution is 0.0661. The molecule has 0 N–H and O–H groups in total. The van der Waals surface area contributed by atoms with Crippen LogP contribution in [0, 0.1) is 19.8 Å². The summed E-state index contributed by atoms with van der Waals surface area (Å²) in [6.07, 6.45) is 5.20.